The van der Waals surface area contributed by atoms with Crippen LogP contribution in [0, 0.1) is 6.92 Å². The summed E-state index contributed by atoms with van der Waals surface area (Å²) >= 11 is 0. The molecule has 102 valence electrons. The summed E-state index contributed by atoms with van der Waals surface area (Å²) in [5.41, 5.74) is 2.74. The summed E-state index contributed by atoms with van der Waals surface area (Å²) in [7, 11) is 0. The minimum absolute atomic E-state index is 0.366. The van der Waals surface area contributed by atoms with Crippen molar-refractivity contribution < 1.29 is 14.3 Å². The monoisotopic (exact) mass is 268 g/mol. The molecule has 0 aliphatic rings. The zero-order chi connectivity index (χ0) is 14.5. The van der Waals surface area contributed by atoms with Gasteiger partial charge in [-0.25, -0.2) is 9.59 Å². The van der Waals surface area contributed by atoms with E-state index in [1.807, 2.05) is 19.9 Å². The molecule has 3 heteroatoms. The molecular weight excluding hydrogens is 252 g/mol. The fourth-order valence-corrected chi connectivity index (χ4v) is 2.06. The van der Waals surface area contributed by atoms with Crippen LogP contribution in [-0.2, 0) is 11.2 Å². The van der Waals surface area contributed by atoms with Crippen molar-refractivity contribution in [2.24, 2.45) is 0 Å². The normalized spacial score (nSPS) is 10.1. The second kappa shape index (κ2) is 6.15. The van der Waals surface area contributed by atoms with Crippen LogP contribution in [0.2, 0.25) is 0 Å². The van der Waals surface area contributed by atoms with Gasteiger partial charge in [-0.3, -0.25) is 0 Å². The predicted molar refractivity (Wildman–Crippen MR) is 76.7 cm³/mol. The van der Waals surface area contributed by atoms with Crippen molar-refractivity contribution >= 4 is 11.9 Å². The molecule has 0 saturated carbocycles. The standard InChI is InChI=1S/C17H16O3/c1-3-13-10-7-11-15(12(13)2)17(19)20-16(18)14-8-5-4-6-9-14/h4-11H,3H2,1-2H3. The Bertz CT molecular complexity index is 630. The van der Waals surface area contributed by atoms with E-state index in [-0.39, 0.29) is 0 Å². The summed E-state index contributed by atoms with van der Waals surface area (Å²) in [5.74, 6) is -1.23. The van der Waals surface area contributed by atoms with E-state index in [1.165, 1.54) is 0 Å². The van der Waals surface area contributed by atoms with E-state index < -0.39 is 11.9 Å². The lowest BCUT2D eigenvalue weighted by Gasteiger charge is -2.09. The lowest BCUT2D eigenvalue weighted by atomic mass is 10.0. The summed E-state index contributed by atoms with van der Waals surface area (Å²) in [6.07, 6.45) is 0.833. The lowest BCUT2D eigenvalue weighted by molar-refractivity contribution is 0.0397. The minimum atomic E-state index is -0.628. The van der Waals surface area contributed by atoms with Gasteiger partial charge in [0.15, 0.2) is 0 Å². The van der Waals surface area contributed by atoms with Gasteiger partial charge in [0, 0.05) is 0 Å². The van der Waals surface area contributed by atoms with Crippen molar-refractivity contribution in [3.63, 3.8) is 0 Å². The van der Waals surface area contributed by atoms with Crippen LogP contribution in [0.25, 0.3) is 0 Å². The Hall–Kier alpha value is -2.42. The maximum atomic E-state index is 12.1. The number of aryl methyl sites for hydroxylation is 1. The van der Waals surface area contributed by atoms with E-state index in [0.29, 0.717) is 11.1 Å². The van der Waals surface area contributed by atoms with Gasteiger partial charge in [-0.05, 0) is 42.7 Å². The highest BCUT2D eigenvalue weighted by atomic mass is 16.6. The van der Waals surface area contributed by atoms with E-state index in [9.17, 15) is 9.59 Å². The Morgan fingerprint density at radius 1 is 0.950 bits per heavy atom. The van der Waals surface area contributed by atoms with Crippen LogP contribution in [0.5, 0.6) is 0 Å². The molecule has 20 heavy (non-hydrogen) atoms. The third-order valence-corrected chi connectivity index (χ3v) is 3.24. The highest BCUT2D eigenvalue weighted by Crippen LogP contribution is 2.16. The van der Waals surface area contributed by atoms with Crippen molar-refractivity contribution in [1.82, 2.24) is 0 Å². The zero-order valence-corrected chi connectivity index (χ0v) is 11.6. The SMILES string of the molecule is CCc1cccc(C(=O)OC(=O)c2ccccc2)c1C. The topological polar surface area (TPSA) is 43.4 Å². The third-order valence-electron chi connectivity index (χ3n) is 3.24. The van der Waals surface area contributed by atoms with Crippen molar-refractivity contribution in [2.75, 3.05) is 0 Å². The minimum Gasteiger partial charge on any atom is -0.386 e. The average Bonchev–Trinajstić information content (AvgIpc) is 2.48. The van der Waals surface area contributed by atoms with Gasteiger partial charge in [0.1, 0.15) is 0 Å². The predicted octanol–water partition coefficient (Wildman–Crippen LogP) is 3.55. The van der Waals surface area contributed by atoms with E-state index in [4.69, 9.17) is 4.74 Å². The Morgan fingerprint density at radius 2 is 1.65 bits per heavy atom. The number of hydrogen-bond donors (Lipinski definition) is 0. The number of benzene rings is 2. The van der Waals surface area contributed by atoms with E-state index in [2.05, 4.69) is 0 Å². The van der Waals surface area contributed by atoms with Gasteiger partial charge < -0.3 is 4.74 Å². The van der Waals surface area contributed by atoms with Gasteiger partial charge in [-0.2, -0.15) is 0 Å². The molecule has 0 aliphatic heterocycles. The van der Waals surface area contributed by atoms with Crippen molar-refractivity contribution in [1.29, 1.82) is 0 Å². The molecule has 0 N–H and O–H groups in total. The van der Waals surface area contributed by atoms with Crippen LogP contribution in [-0.4, -0.2) is 11.9 Å². The van der Waals surface area contributed by atoms with Crippen molar-refractivity contribution in [3.8, 4) is 0 Å². The fourth-order valence-electron chi connectivity index (χ4n) is 2.06. The van der Waals surface area contributed by atoms with Crippen LogP contribution in [0.15, 0.2) is 48.5 Å². The summed E-state index contributed by atoms with van der Waals surface area (Å²) < 4.78 is 4.92. The first kappa shape index (κ1) is 14.0. The van der Waals surface area contributed by atoms with E-state index in [0.717, 1.165) is 17.5 Å². The molecule has 0 atom stereocenters. The fraction of sp³-hybridized carbons (Fsp3) is 0.176. The summed E-state index contributed by atoms with van der Waals surface area (Å²) in [4.78, 5) is 23.9. The Kier molecular flexibility index (Phi) is 4.31. The van der Waals surface area contributed by atoms with Crippen LogP contribution in [0.3, 0.4) is 0 Å². The Morgan fingerprint density at radius 3 is 2.30 bits per heavy atom. The molecule has 0 amide bonds. The zero-order valence-electron chi connectivity index (χ0n) is 11.6. The first-order valence-corrected chi connectivity index (χ1v) is 6.53. The number of carbonyl (C=O) groups is 2. The molecule has 0 fully saturated rings. The average molecular weight is 268 g/mol. The largest absolute Gasteiger partial charge is 0.386 e. The molecule has 3 nitrogen and oxygen atoms in total. The van der Waals surface area contributed by atoms with Gasteiger partial charge in [0.05, 0.1) is 11.1 Å². The molecule has 0 saturated heterocycles. The molecule has 2 rings (SSSR count). The van der Waals surface area contributed by atoms with Crippen LogP contribution in [0.1, 0.15) is 38.8 Å². The Labute approximate surface area is 118 Å². The first-order valence-electron chi connectivity index (χ1n) is 6.53. The second-order valence-electron chi connectivity index (χ2n) is 4.49. The number of rotatable bonds is 3. The molecule has 2 aromatic rings. The van der Waals surface area contributed by atoms with Gasteiger partial charge in [0.2, 0.25) is 0 Å². The molecule has 0 bridgehead atoms. The van der Waals surface area contributed by atoms with Crippen LogP contribution < -0.4 is 0 Å². The smallest absolute Gasteiger partial charge is 0.346 e. The molecular formula is C17H16O3. The van der Waals surface area contributed by atoms with Gasteiger partial charge in [0.25, 0.3) is 0 Å². The van der Waals surface area contributed by atoms with Crippen molar-refractivity contribution in [3.05, 3.63) is 70.8 Å². The molecule has 2 aromatic carbocycles. The highest BCUT2D eigenvalue weighted by Gasteiger charge is 2.17. The first-order chi connectivity index (χ1) is 9.63. The molecule has 0 aromatic heterocycles. The number of hydrogen-bond acceptors (Lipinski definition) is 3. The number of ether oxygens (including phenoxy) is 1. The maximum absolute atomic E-state index is 12.1. The third kappa shape index (κ3) is 2.94. The highest BCUT2D eigenvalue weighted by molar-refractivity contribution is 6.03. The molecule has 0 radical (unpaired) electrons. The number of carbonyl (C=O) groups excluding carboxylic acids is 2. The molecule has 0 spiro atoms. The summed E-state index contributed by atoms with van der Waals surface area (Å²) in [6.45, 7) is 3.88. The lowest BCUT2D eigenvalue weighted by Crippen LogP contribution is -2.14. The van der Waals surface area contributed by atoms with Crippen LogP contribution >= 0.6 is 0 Å². The quantitative estimate of drug-likeness (QED) is 0.631. The number of esters is 2. The van der Waals surface area contributed by atoms with Crippen LogP contribution in [0.4, 0.5) is 0 Å². The van der Waals surface area contributed by atoms with Crippen molar-refractivity contribution in [2.45, 2.75) is 20.3 Å². The molecule has 0 heterocycles. The second-order valence-corrected chi connectivity index (χ2v) is 4.49. The summed E-state index contributed by atoms with van der Waals surface area (Å²) in [5, 5.41) is 0. The Balaban J connectivity index is 2.19. The summed E-state index contributed by atoms with van der Waals surface area (Å²) in [6, 6.07) is 13.9. The molecule has 0 aliphatic carbocycles. The van der Waals surface area contributed by atoms with E-state index >= 15 is 0 Å². The maximum Gasteiger partial charge on any atom is 0.346 e. The van der Waals surface area contributed by atoms with Gasteiger partial charge in [-0.15, -0.1) is 0 Å². The molecule has 0 unspecified atom stereocenters. The van der Waals surface area contributed by atoms with Gasteiger partial charge in [-0.1, -0.05) is 37.3 Å². The van der Waals surface area contributed by atoms with E-state index in [1.54, 1.807) is 42.5 Å². The van der Waals surface area contributed by atoms with Gasteiger partial charge >= 0.3 is 11.9 Å².